The lowest BCUT2D eigenvalue weighted by molar-refractivity contribution is -0.0704. The highest BCUT2D eigenvalue weighted by Gasteiger charge is 2.38. The first-order valence-electron chi connectivity index (χ1n) is 13.6. The zero-order valence-electron chi connectivity index (χ0n) is 24.6. The van der Waals surface area contributed by atoms with Crippen LogP contribution in [-0.4, -0.2) is 71.5 Å². The summed E-state index contributed by atoms with van der Waals surface area (Å²) in [7, 11) is -2.37. The number of phosphoric ester groups is 1. The van der Waals surface area contributed by atoms with Crippen LogP contribution in [0.4, 0.5) is 0 Å². The van der Waals surface area contributed by atoms with Gasteiger partial charge in [0, 0.05) is 6.54 Å². The Kier molecular flexibility index (Phi) is 15.5. The van der Waals surface area contributed by atoms with E-state index in [9.17, 15) is 9.13 Å². The van der Waals surface area contributed by atoms with Crippen LogP contribution in [0.15, 0.2) is 48.5 Å². The number of likely N-dealkylation sites (N-methyl/N-ethyl adjacent to an activating group) is 1. The van der Waals surface area contributed by atoms with E-state index in [2.05, 4.69) is 6.07 Å². The smallest absolute Gasteiger partial charge is 0.484 e. The van der Waals surface area contributed by atoms with Gasteiger partial charge in [0.2, 0.25) is 0 Å². The van der Waals surface area contributed by atoms with Crippen molar-refractivity contribution in [3.8, 4) is 11.5 Å². The Morgan fingerprint density at radius 1 is 0.900 bits per heavy atom. The van der Waals surface area contributed by atoms with Crippen LogP contribution in [0.3, 0.4) is 0 Å². The molecule has 12 heteroatoms. The van der Waals surface area contributed by atoms with E-state index in [1.54, 1.807) is 21.0 Å². The minimum absolute atomic E-state index is 0.0340. The molecular formula is C28H45NO9P2. The van der Waals surface area contributed by atoms with Crippen LogP contribution in [0.5, 0.6) is 11.5 Å². The molecule has 2 unspecified atom stereocenters. The molecule has 0 heterocycles. The lowest BCUT2D eigenvalue weighted by Gasteiger charge is -2.25. The van der Waals surface area contributed by atoms with Crippen LogP contribution < -0.4 is 9.47 Å². The number of hydrogen-bond donors (Lipinski definition) is 0. The van der Waals surface area contributed by atoms with E-state index in [-0.39, 0.29) is 26.0 Å². The number of phosphoric acid groups is 1. The predicted octanol–water partition coefficient (Wildman–Crippen LogP) is 6.58. The van der Waals surface area contributed by atoms with Gasteiger partial charge in [0.25, 0.3) is 0 Å². The van der Waals surface area contributed by atoms with Gasteiger partial charge in [0.1, 0.15) is 24.2 Å². The fourth-order valence-electron chi connectivity index (χ4n) is 3.89. The second kappa shape index (κ2) is 17.9. The van der Waals surface area contributed by atoms with Crippen LogP contribution in [-0.2, 0) is 44.6 Å². The summed E-state index contributed by atoms with van der Waals surface area (Å²) in [6.07, 6.45) is 1.81. The molecule has 0 aliphatic carbocycles. The molecule has 226 valence electrons. The normalized spacial score (nSPS) is 15.4. The van der Waals surface area contributed by atoms with Crippen molar-refractivity contribution in [1.29, 1.82) is 0 Å². The van der Waals surface area contributed by atoms with Gasteiger partial charge < -0.3 is 23.6 Å². The molecule has 0 N–H and O–H groups in total. The second-order valence-electron chi connectivity index (χ2n) is 9.27. The molecule has 0 fully saturated rings. The summed E-state index contributed by atoms with van der Waals surface area (Å²) in [6.45, 7) is 5.66. The average Bonchev–Trinajstić information content (AvgIpc) is 2.91. The summed E-state index contributed by atoms with van der Waals surface area (Å²) < 4.78 is 64.8. The molecule has 2 aromatic carbocycles. The first-order valence-corrected chi connectivity index (χ1v) is 16.8. The molecule has 2 rings (SSSR count). The maximum Gasteiger partial charge on any atom is 0.484 e. The molecule has 0 aliphatic heterocycles. The highest BCUT2D eigenvalue weighted by atomic mass is 31.3. The molecule has 0 saturated heterocycles. The van der Waals surface area contributed by atoms with Gasteiger partial charge in [-0.05, 0) is 76.5 Å². The van der Waals surface area contributed by atoms with Crippen molar-refractivity contribution < 1.29 is 41.2 Å². The summed E-state index contributed by atoms with van der Waals surface area (Å²) in [5, 5.41) is 0. The highest BCUT2D eigenvalue weighted by Crippen LogP contribution is 2.65. The minimum atomic E-state index is -4.20. The van der Waals surface area contributed by atoms with Crippen LogP contribution in [0.25, 0.3) is 0 Å². The van der Waals surface area contributed by atoms with Crippen LogP contribution >= 0.6 is 15.4 Å². The topological polar surface area (TPSA) is 102 Å². The van der Waals surface area contributed by atoms with Crippen molar-refractivity contribution in [1.82, 2.24) is 4.90 Å². The van der Waals surface area contributed by atoms with E-state index in [1.807, 2.05) is 68.4 Å². The Morgan fingerprint density at radius 3 is 2.33 bits per heavy atom. The van der Waals surface area contributed by atoms with Crippen molar-refractivity contribution in [2.24, 2.45) is 0 Å². The van der Waals surface area contributed by atoms with E-state index >= 15 is 0 Å². The summed E-state index contributed by atoms with van der Waals surface area (Å²) in [5.74, 6) is 1.59. The number of ether oxygens (including phenoxy) is 3. The van der Waals surface area contributed by atoms with Crippen LogP contribution in [0.2, 0.25) is 0 Å². The predicted molar refractivity (Wildman–Crippen MR) is 156 cm³/mol. The van der Waals surface area contributed by atoms with Crippen LogP contribution in [0, 0.1) is 0 Å². The first kappa shape index (κ1) is 34.5. The van der Waals surface area contributed by atoms with Gasteiger partial charge in [0.15, 0.2) is 6.79 Å². The standard InChI is InChI=1S/C28H45NO9P2/c1-7-19-39(30,35-8-2)38-40(31,36-9-3)37-23-34-27(21-29(4)5)22-33-28-16-11-10-14-25(28)18-17-24-13-12-15-26(20-24)32-6/h10-16,20,27H,7-9,17-19,21-23H2,1-6H3/t27-,39?,40?/m0/s1. The van der Waals surface area contributed by atoms with E-state index in [0.717, 1.165) is 29.9 Å². The molecule has 0 amide bonds. The largest absolute Gasteiger partial charge is 0.497 e. The van der Waals surface area contributed by atoms with Gasteiger partial charge in [0.05, 0.1) is 26.5 Å². The third-order valence-corrected chi connectivity index (χ3v) is 10.1. The Bertz CT molecular complexity index is 1090. The maximum atomic E-state index is 13.2. The Morgan fingerprint density at radius 2 is 1.65 bits per heavy atom. The molecule has 0 radical (unpaired) electrons. The molecule has 40 heavy (non-hydrogen) atoms. The molecule has 0 spiro atoms. The van der Waals surface area contributed by atoms with E-state index in [1.165, 1.54) is 5.56 Å². The third kappa shape index (κ3) is 12.4. The zero-order chi connectivity index (χ0) is 29.4. The van der Waals surface area contributed by atoms with E-state index < -0.39 is 28.3 Å². The molecule has 0 bridgehead atoms. The number of aryl methyl sites for hydroxylation is 2. The van der Waals surface area contributed by atoms with Crippen molar-refractivity contribution in [3.05, 3.63) is 59.7 Å². The summed E-state index contributed by atoms with van der Waals surface area (Å²) in [4.78, 5) is 1.95. The van der Waals surface area contributed by atoms with Gasteiger partial charge in [-0.25, -0.2) is 8.88 Å². The first-order chi connectivity index (χ1) is 19.2. The molecule has 3 atom stereocenters. The third-order valence-electron chi connectivity index (χ3n) is 5.63. The Labute approximate surface area is 239 Å². The van der Waals surface area contributed by atoms with Gasteiger partial charge in [-0.3, -0.25) is 13.6 Å². The Balaban J connectivity index is 2.02. The van der Waals surface area contributed by atoms with E-state index in [0.29, 0.717) is 13.0 Å². The fraction of sp³-hybridized carbons (Fsp3) is 0.571. The van der Waals surface area contributed by atoms with Gasteiger partial charge in [-0.1, -0.05) is 37.3 Å². The molecule has 10 nitrogen and oxygen atoms in total. The molecule has 0 aromatic heterocycles. The number of rotatable bonds is 21. The van der Waals surface area contributed by atoms with Crippen molar-refractivity contribution in [3.63, 3.8) is 0 Å². The van der Waals surface area contributed by atoms with Crippen molar-refractivity contribution in [2.75, 3.05) is 60.5 Å². The number of benzene rings is 2. The molecule has 0 aliphatic rings. The number of para-hydroxylation sites is 1. The summed E-state index contributed by atoms with van der Waals surface area (Å²) >= 11 is 0. The lowest BCUT2D eigenvalue weighted by atomic mass is 10.0. The fourth-order valence-corrected chi connectivity index (χ4v) is 7.65. The average molecular weight is 602 g/mol. The summed E-state index contributed by atoms with van der Waals surface area (Å²) in [6, 6.07) is 15.9. The van der Waals surface area contributed by atoms with Gasteiger partial charge >= 0.3 is 15.4 Å². The number of nitrogens with zero attached hydrogens (tertiary/aromatic N) is 1. The molecule has 0 saturated carbocycles. The van der Waals surface area contributed by atoms with Crippen molar-refractivity contribution >= 4 is 15.4 Å². The van der Waals surface area contributed by atoms with Gasteiger partial charge in [-0.15, -0.1) is 0 Å². The molecular weight excluding hydrogens is 556 g/mol. The summed E-state index contributed by atoms with van der Waals surface area (Å²) in [5.41, 5.74) is 2.25. The molecule has 2 aromatic rings. The SMILES string of the molecule is CCCP(=O)(OCC)OP(=O)(OCC)OCO[C@H](COc1ccccc1CCc1cccc(OC)c1)CN(C)C. The quantitative estimate of drug-likeness (QED) is 0.115. The van der Waals surface area contributed by atoms with Crippen LogP contribution in [0.1, 0.15) is 38.3 Å². The monoisotopic (exact) mass is 601 g/mol. The lowest BCUT2D eigenvalue weighted by Crippen LogP contribution is -2.34. The number of methoxy groups -OCH3 is 1. The highest BCUT2D eigenvalue weighted by molar-refractivity contribution is 7.65. The van der Waals surface area contributed by atoms with E-state index in [4.69, 9.17) is 32.1 Å². The second-order valence-corrected chi connectivity index (χ2v) is 13.3. The van der Waals surface area contributed by atoms with Crippen molar-refractivity contribution in [2.45, 2.75) is 46.1 Å². The zero-order valence-corrected chi connectivity index (χ0v) is 26.4. The maximum absolute atomic E-state index is 13.2. The Hall–Kier alpha value is -1.74. The number of hydrogen-bond acceptors (Lipinski definition) is 10. The van der Waals surface area contributed by atoms with Gasteiger partial charge in [-0.2, -0.15) is 0 Å². The minimum Gasteiger partial charge on any atom is -0.497 e.